The van der Waals surface area contributed by atoms with E-state index in [1.165, 1.54) is 5.69 Å². The molecule has 0 aromatic carbocycles. The van der Waals surface area contributed by atoms with E-state index in [4.69, 9.17) is 0 Å². The molecule has 0 aliphatic carbocycles. The Hall–Kier alpha value is -1.62. The van der Waals surface area contributed by atoms with E-state index in [-0.39, 0.29) is 6.04 Å². The number of rotatable bonds is 6. The van der Waals surface area contributed by atoms with Crippen LogP contribution in [0.25, 0.3) is 0 Å². The largest absolute Gasteiger partial charge is 0.335 e. The van der Waals surface area contributed by atoms with Gasteiger partial charge in [0.05, 0.1) is 17.4 Å². The van der Waals surface area contributed by atoms with E-state index in [1.807, 2.05) is 31.2 Å². The van der Waals surface area contributed by atoms with Crippen molar-refractivity contribution in [2.75, 3.05) is 7.05 Å². The summed E-state index contributed by atoms with van der Waals surface area (Å²) >= 11 is 0. The molecule has 0 fully saturated rings. The molecule has 1 N–H and O–H groups in total. The molecular formula is C14H23N5. The second kappa shape index (κ2) is 6.02. The van der Waals surface area contributed by atoms with Crippen molar-refractivity contribution in [2.45, 2.75) is 39.3 Å². The summed E-state index contributed by atoms with van der Waals surface area (Å²) in [6.07, 6.45) is 5.74. The maximum absolute atomic E-state index is 4.52. The molecule has 0 aliphatic rings. The van der Waals surface area contributed by atoms with Crippen molar-refractivity contribution in [1.82, 2.24) is 24.6 Å². The Morgan fingerprint density at radius 2 is 2.16 bits per heavy atom. The molecule has 19 heavy (non-hydrogen) atoms. The van der Waals surface area contributed by atoms with Crippen LogP contribution in [-0.4, -0.2) is 26.4 Å². The fraction of sp³-hybridized carbons (Fsp3) is 0.571. The maximum atomic E-state index is 4.52. The standard InChI is InChI=1S/C14H23N5/c1-5-11-9-13(18(4)17-11)12(15-3)10-14-16-7-8-19(14)6-2/h7-9,12,15H,5-6,10H2,1-4H3. The van der Waals surface area contributed by atoms with E-state index in [0.717, 1.165) is 30.9 Å². The highest BCUT2D eigenvalue weighted by Gasteiger charge is 2.17. The fourth-order valence-corrected chi connectivity index (χ4v) is 2.40. The van der Waals surface area contributed by atoms with Gasteiger partial charge in [-0.25, -0.2) is 4.98 Å². The van der Waals surface area contributed by atoms with Gasteiger partial charge in [0.25, 0.3) is 0 Å². The topological polar surface area (TPSA) is 47.7 Å². The summed E-state index contributed by atoms with van der Waals surface area (Å²) in [5.74, 6) is 1.11. The molecule has 1 unspecified atom stereocenters. The second-order valence-electron chi connectivity index (χ2n) is 4.71. The Kier molecular flexibility index (Phi) is 4.37. The van der Waals surface area contributed by atoms with Crippen molar-refractivity contribution in [1.29, 1.82) is 0 Å². The van der Waals surface area contributed by atoms with Crippen molar-refractivity contribution in [3.8, 4) is 0 Å². The third-order valence-electron chi connectivity index (χ3n) is 3.56. The molecule has 0 amide bonds. The van der Waals surface area contributed by atoms with E-state index in [1.54, 1.807) is 0 Å². The molecule has 0 bridgehead atoms. The minimum Gasteiger partial charge on any atom is -0.335 e. The first-order valence-electron chi connectivity index (χ1n) is 6.89. The van der Waals surface area contributed by atoms with E-state index >= 15 is 0 Å². The van der Waals surface area contributed by atoms with Gasteiger partial charge in [-0.05, 0) is 26.5 Å². The zero-order valence-electron chi connectivity index (χ0n) is 12.2. The Labute approximate surface area is 114 Å². The highest BCUT2D eigenvalue weighted by molar-refractivity contribution is 5.16. The molecule has 1 atom stereocenters. The third kappa shape index (κ3) is 2.87. The molecule has 0 spiro atoms. The third-order valence-corrected chi connectivity index (χ3v) is 3.56. The van der Waals surface area contributed by atoms with Crippen LogP contribution in [0.3, 0.4) is 0 Å². The van der Waals surface area contributed by atoms with Crippen LogP contribution in [-0.2, 0) is 26.4 Å². The number of aromatic nitrogens is 4. The fourth-order valence-electron chi connectivity index (χ4n) is 2.40. The summed E-state index contributed by atoms with van der Waals surface area (Å²) in [4.78, 5) is 4.45. The average Bonchev–Trinajstić information content (AvgIpc) is 3.01. The summed E-state index contributed by atoms with van der Waals surface area (Å²) in [6.45, 7) is 5.22. The Morgan fingerprint density at radius 1 is 1.37 bits per heavy atom. The summed E-state index contributed by atoms with van der Waals surface area (Å²) in [5, 5.41) is 7.89. The minimum absolute atomic E-state index is 0.241. The van der Waals surface area contributed by atoms with Gasteiger partial charge in [0, 0.05) is 32.4 Å². The number of hydrogen-bond acceptors (Lipinski definition) is 3. The van der Waals surface area contributed by atoms with Crippen molar-refractivity contribution in [3.05, 3.63) is 35.7 Å². The molecule has 2 rings (SSSR count). The molecule has 2 aromatic rings. The molecule has 104 valence electrons. The predicted molar refractivity (Wildman–Crippen MR) is 76.0 cm³/mol. The lowest BCUT2D eigenvalue weighted by atomic mass is 10.1. The van der Waals surface area contributed by atoms with Crippen LogP contribution in [0.1, 0.15) is 37.1 Å². The minimum atomic E-state index is 0.241. The maximum Gasteiger partial charge on any atom is 0.110 e. The van der Waals surface area contributed by atoms with Gasteiger partial charge >= 0.3 is 0 Å². The lowest BCUT2D eigenvalue weighted by Gasteiger charge is -2.16. The second-order valence-corrected chi connectivity index (χ2v) is 4.71. The van der Waals surface area contributed by atoms with Crippen LogP contribution in [0.4, 0.5) is 0 Å². The van der Waals surface area contributed by atoms with Gasteiger partial charge in [-0.1, -0.05) is 6.92 Å². The quantitative estimate of drug-likeness (QED) is 0.861. The van der Waals surface area contributed by atoms with Gasteiger partial charge in [0.15, 0.2) is 0 Å². The number of hydrogen-bond donors (Lipinski definition) is 1. The smallest absolute Gasteiger partial charge is 0.110 e. The zero-order valence-corrected chi connectivity index (χ0v) is 12.2. The predicted octanol–water partition coefficient (Wildman–Crippen LogP) is 1.70. The van der Waals surface area contributed by atoms with Crippen LogP contribution in [0.5, 0.6) is 0 Å². The van der Waals surface area contributed by atoms with Gasteiger partial charge in [-0.15, -0.1) is 0 Å². The summed E-state index contributed by atoms with van der Waals surface area (Å²) in [7, 11) is 3.99. The molecule has 0 saturated carbocycles. The molecule has 5 nitrogen and oxygen atoms in total. The molecule has 0 radical (unpaired) electrons. The van der Waals surface area contributed by atoms with E-state index in [9.17, 15) is 0 Å². The average molecular weight is 261 g/mol. The lowest BCUT2D eigenvalue weighted by molar-refractivity contribution is 0.513. The molecular weight excluding hydrogens is 238 g/mol. The summed E-state index contributed by atoms with van der Waals surface area (Å²) in [5.41, 5.74) is 2.35. The molecule has 5 heteroatoms. The first-order chi connectivity index (χ1) is 9.19. The van der Waals surface area contributed by atoms with Crippen molar-refractivity contribution in [2.24, 2.45) is 7.05 Å². The summed E-state index contributed by atoms with van der Waals surface area (Å²) in [6, 6.07) is 2.42. The van der Waals surface area contributed by atoms with Gasteiger partial charge in [-0.2, -0.15) is 5.10 Å². The first-order valence-corrected chi connectivity index (χ1v) is 6.89. The normalized spacial score (nSPS) is 12.8. The van der Waals surface area contributed by atoms with Crippen LogP contribution in [0.2, 0.25) is 0 Å². The van der Waals surface area contributed by atoms with Crippen LogP contribution in [0.15, 0.2) is 18.5 Å². The molecule has 0 aliphatic heterocycles. The highest BCUT2D eigenvalue weighted by Crippen LogP contribution is 2.18. The Bertz CT molecular complexity index is 526. The number of nitrogens with zero attached hydrogens (tertiary/aromatic N) is 4. The summed E-state index contributed by atoms with van der Waals surface area (Å²) < 4.78 is 4.15. The monoisotopic (exact) mass is 261 g/mol. The number of nitrogens with one attached hydrogen (secondary N) is 1. The van der Waals surface area contributed by atoms with Gasteiger partial charge < -0.3 is 9.88 Å². The van der Waals surface area contributed by atoms with Crippen LogP contribution in [0, 0.1) is 0 Å². The van der Waals surface area contributed by atoms with Crippen molar-refractivity contribution < 1.29 is 0 Å². The van der Waals surface area contributed by atoms with E-state index in [2.05, 4.69) is 39.9 Å². The van der Waals surface area contributed by atoms with E-state index < -0.39 is 0 Å². The van der Waals surface area contributed by atoms with E-state index in [0.29, 0.717) is 0 Å². The van der Waals surface area contributed by atoms with Crippen LogP contribution >= 0.6 is 0 Å². The zero-order chi connectivity index (χ0) is 13.8. The molecule has 2 aromatic heterocycles. The Morgan fingerprint density at radius 3 is 2.74 bits per heavy atom. The van der Waals surface area contributed by atoms with Gasteiger partial charge in [0.1, 0.15) is 5.82 Å². The lowest BCUT2D eigenvalue weighted by Crippen LogP contribution is -2.23. The SMILES string of the molecule is CCc1cc(C(Cc2nccn2CC)NC)n(C)n1. The number of aryl methyl sites for hydroxylation is 3. The van der Waals surface area contributed by atoms with Crippen LogP contribution < -0.4 is 5.32 Å². The molecule has 0 saturated heterocycles. The number of imidazole rings is 1. The van der Waals surface area contributed by atoms with Crippen molar-refractivity contribution in [3.63, 3.8) is 0 Å². The number of likely N-dealkylation sites (N-methyl/N-ethyl adjacent to an activating group) is 1. The Balaban J connectivity index is 2.22. The first kappa shape index (κ1) is 13.8. The van der Waals surface area contributed by atoms with Gasteiger partial charge in [-0.3, -0.25) is 4.68 Å². The van der Waals surface area contributed by atoms with Gasteiger partial charge in [0.2, 0.25) is 0 Å². The molecule has 2 heterocycles. The highest BCUT2D eigenvalue weighted by atomic mass is 15.3. The van der Waals surface area contributed by atoms with Crippen molar-refractivity contribution >= 4 is 0 Å².